The summed E-state index contributed by atoms with van der Waals surface area (Å²) in [6, 6.07) is 17.4. The van der Waals surface area contributed by atoms with E-state index in [-0.39, 0.29) is 0 Å². The number of phenols is 2. The van der Waals surface area contributed by atoms with Gasteiger partial charge in [-0.3, -0.25) is 0 Å². The van der Waals surface area contributed by atoms with Gasteiger partial charge in [0.2, 0.25) is 0 Å². The summed E-state index contributed by atoms with van der Waals surface area (Å²) < 4.78 is 5.57. The van der Waals surface area contributed by atoms with Gasteiger partial charge in [0, 0.05) is 14.4 Å². The van der Waals surface area contributed by atoms with Crippen LogP contribution in [0.1, 0.15) is 66.2 Å². The second-order valence-electron chi connectivity index (χ2n) is 8.47. The van der Waals surface area contributed by atoms with Crippen molar-refractivity contribution in [2.45, 2.75) is 72.3 Å². The number of phenolic OH excluding ortho intramolecular Hbond substituents is 2. The van der Waals surface area contributed by atoms with Gasteiger partial charge in [0.25, 0.3) is 0 Å². The summed E-state index contributed by atoms with van der Waals surface area (Å²) in [5.41, 5.74) is 0. The smallest absolute Gasteiger partial charge is 0.115 e. The van der Waals surface area contributed by atoms with Crippen LogP contribution in [-0.4, -0.2) is 48.1 Å². The van der Waals surface area contributed by atoms with Crippen LogP contribution in [0.3, 0.4) is 0 Å². The normalized spacial score (nSPS) is 11.5. The first-order chi connectivity index (χ1) is 15.4. The third-order valence-electron chi connectivity index (χ3n) is 5.52. The number of methoxy groups -OCH3 is 1. The summed E-state index contributed by atoms with van der Waals surface area (Å²) in [5.74, 6) is 0.644. The summed E-state index contributed by atoms with van der Waals surface area (Å²) in [4.78, 5) is 0. The molecule has 2 rings (SSSR count). The van der Waals surface area contributed by atoms with Crippen LogP contribution in [0.4, 0.5) is 0 Å². The number of hydrogen-bond donors (Lipinski definition) is 2. The highest BCUT2D eigenvalue weighted by atomic mass is 31.2. The van der Waals surface area contributed by atoms with E-state index >= 15 is 0 Å². The Hall–Kier alpha value is -1.57. The highest BCUT2D eigenvalue weighted by Crippen LogP contribution is 2.61. The largest absolute Gasteiger partial charge is 0.508 e. The van der Waals surface area contributed by atoms with E-state index in [1.54, 1.807) is 48.5 Å². The average molecular weight is 464 g/mol. The van der Waals surface area contributed by atoms with E-state index in [0.717, 1.165) is 0 Å². The Balaban J connectivity index is 0.000000550. The first-order valence-electron chi connectivity index (χ1n) is 12.3. The molecule has 182 valence electrons. The van der Waals surface area contributed by atoms with Crippen LogP contribution in [0.25, 0.3) is 0 Å². The Morgan fingerprint density at radius 1 is 0.688 bits per heavy atom. The van der Waals surface area contributed by atoms with Gasteiger partial charge in [0.05, 0.1) is 30.8 Å². The van der Waals surface area contributed by atoms with Crippen molar-refractivity contribution in [3.8, 4) is 11.5 Å². The lowest BCUT2D eigenvalue weighted by Crippen LogP contribution is -2.21. The van der Waals surface area contributed by atoms with Gasteiger partial charge >= 0.3 is 0 Å². The Morgan fingerprint density at radius 2 is 1.03 bits per heavy atom. The molecule has 2 N–H and O–H groups in total. The van der Waals surface area contributed by atoms with E-state index in [0.29, 0.717) is 17.6 Å². The second-order valence-corrected chi connectivity index (χ2v) is 12.9. The van der Waals surface area contributed by atoms with Crippen LogP contribution in [0.2, 0.25) is 0 Å². The number of aromatic hydroxyl groups is 2. The SMILES string of the molecule is CCCC[P+](CCCC)(CCCC)CC(C)OC.Oc1ccccc1.Oc1ccccc1. The van der Waals surface area contributed by atoms with Crippen LogP contribution in [-0.2, 0) is 4.74 Å². The molecule has 0 bridgehead atoms. The van der Waals surface area contributed by atoms with Gasteiger partial charge < -0.3 is 14.9 Å². The molecule has 0 amide bonds. The molecule has 0 aliphatic rings. The zero-order valence-corrected chi connectivity index (χ0v) is 22.1. The Kier molecular flexibility index (Phi) is 19.1. The van der Waals surface area contributed by atoms with Crippen molar-refractivity contribution < 1.29 is 14.9 Å². The van der Waals surface area contributed by atoms with Crippen molar-refractivity contribution in [1.29, 1.82) is 0 Å². The summed E-state index contributed by atoms with van der Waals surface area (Å²) in [7, 11) is 1.13. The van der Waals surface area contributed by atoms with Crippen molar-refractivity contribution >= 4 is 7.26 Å². The lowest BCUT2D eigenvalue weighted by Gasteiger charge is -2.30. The van der Waals surface area contributed by atoms with Gasteiger partial charge in [-0.15, -0.1) is 0 Å². The topological polar surface area (TPSA) is 49.7 Å². The minimum atomic E-state index is -0.743. The molecule has 0 saturated carbocycles. The fourth-order valence-electron chi connectivity index (χ4n) is 3.57. The van der Waals surface area contributed by atoms with Crippen LogP contribution in [0.15, 0.2) is 60.7 Å². The van der Waals surface area contributed by atoms with Gasteiger partial charge in [-0.05, 0) is 50.5 Å². The maximum atomic E-state index is 8.63. The van der Waals surface area contributed by atoms with E-state index in [1.165, 1.54) is 63.2 Å². The van der Waals surface area contributed by atoms with Gasteiger partial charge in [0.1, 0.15) is 11.5 Å². The lowest BCUT2D eigenvalue weighted by atomic mass is 10.3. The molecular formula is C28H48O3P+. The molecule has 1 atom stereocenters. The Labute approximate surface area is 198 Å². The number of para-hydroxylation sites is 2. The van der Waals surface area contributed by atoms with E-state index in [1.807, 2.05) is 19.2 Å². The monoisotopic (exact) mass is 463 g/mol. The van der Waals surface area contributed by atoms with E-state index in [2.05, 4.69) is 27.7 Å². The standard InChI is InChI=1S/C16H36OP.2C6H6O/c1-6-9-12-18(13-10-7-2,14-11-8-3)15-16(4)17-5;2*7-6-4-2-1-3-5-6/h16H,6-15H2,1-5H3;2*1-5,7H/q+1;;. The predicted molar refractivity (Wildman–Crippen MR) is 144 cm³/mol. The summed E-state index contributed by atoms with van der Waals surface area (Å²) in [5, 5.41) is 17.3. The number of benzene rings is 2. The Morgan fingerprint density at radius 3 is 1.25 bits per heavy atom. The van der Waals surface area contributed by atoms with Crippen molar-refractivity contribution in [2.75, 3.05) is 31.8 Å². The molecule has 0 heterocycles. The van der Waals surface area contributed by atoms with Crippen molar-refractivity contribution in [3.05, 3.63) is 60.7 Å². The summed E-state index contributed by atoms with van der Waals surface area (Å²) in [6.07, 6.45) is 14.7. The molecule has 32 heavy (non-hydrogen) atoms. The molecule has 3 nitrogen and oxygen atoms in total. The molecule has 0 radical (unpaired) electrons. The van der Waals surface area contributed by atoms with Crippen molar-refractivity contribution in [2.24, 2.45) is 0 Å². The second kappa shape index (κ2) is 20.1. The van der Waals surface area contributed by atoms with Crippen LogP contribution < -0.4 is 0 Å². The third-order valence-corrected chi connectivity index (χ3v) is 10.6. The molecule has 2 aromatic rings. The average Bonchev–Trinajstić information content (AvgIpc) is 2.81. The molecule has 1 unspecified atom stereocenters. The van der Waals surface area contributed by atoms with Gasteiger partial charge in [-0.25, -0.2) is 0 Å². The quantitative estimate of drug-likeness (QED) is 0.312. The zero-order valence-electron chi connectivity index (χ0n) is 21.2. The molecule has 0 fully saturated rings. The number of unbranched alkanes of at least 4 members (excludes halogenated alkanes) is 3. The zero-order chi connectivity index (χ0) is 24.1. The number of hydrogen-bond acceptors (Lipinski definition) is 3. The fraction of sp³-hybridized carbons (Fsp3) is 0.571. The molecule has 0 spiro atoms. The molecule has 4 heteroatoms. The van der Waals surface area contributed by atoms with Gasteiger partial charge in [-0.2, -0.15) is 0 Å². The highest BCUT2D eigenvalue weighted by Gasteiger charge is 2.36. The molecule has 0 aromatic heterocycles. The maximum Gasteiger partial charge on any atom is 0.115 e. The summed E-state index contributed by atoms with van der Waals surface area (Å²) in [6.45, 7) is 9.24. The van der Waals surface area contributed by atoms with E-state index in [4.69, 9.17) is 14.9 Å². The minimum absolute atomic E-state index is 0.322. The van der Waals surface area contributed by atoms with Crippen molar-refractivity contribution in [3.63, 3.8) is 0 Å². The maximum absolute atomic E-state index is 8.63. The minimum Gasteiger partial charge on any atom is -0.508 e. The van der Waals surface area contributed by atoms with Crippen molar-refractivity contribution in [1.82, 2.24) is 0 Å². The fourth-order valence-corrected chi connectivity index (χ4v) is 8.99. The Bertz CT molecular complexity index is 574. The number of ether oxygens (including phenoxy) is 1. The summed E-state index contributed by atoms with van der Waals surface area (Å²) >= 11 is 0. The highest BCUT2D eigenvalue weighted by molar-refractivity contribution is 7.75. The molecule has 0 aliphatic carbocycles. The molecule has 2 aromatic carbocycles. The lowest BCUT2D eigenvalue weighted by molar-refractivity contribution is 0.136. The van der Waals surface area contributed by atoms with Gasteiger partial charge in [-0.1, -0.05) is 76.4 Å². The van der Waals surface area contributed by atoms with Crippen LogP contribution in [0, 0.1) is 0 Å². The van der Waals surface area contributed by atoms with E-state index in [9.17, 15) is 0 Å². The van der Waals surface area contributed by atoms with Gasteiger partial charge in [0.15, 0.2) is 0 Å². The number of rotatable bonds is 12. The first kappa shape index (κ1) is 30.4. The van der Waals surface area contributed by atoms with Crippen LogP contribution in [0.5, 0.6) is 11.5 Å². The molecule has 0 aliphatic heterocycles. The molecule has 0 saturated heterocycles. The van der Waals surface area contributed by atoms with Crippen LogP contribution >= 0.6 is 7.26 Å². The molecular weight excluding hydrogens is 415 g/mol. The van der Waals surface area contributed by atoms with E-state index < -0.39 is 7.26 Å². The third kappa shape index (κ3) is 16.1. The predicted octanol–water partition coefficient (Wildman–Crippen LogP) is 8.22. The first-order valence-corrected chi connectivity index (χ1v) is 14.8.